The smallest absolute Gasteiger partial charge is 0.259 e. The molecule has 30 heavy (non-hydrogen) atoms. The number of carbonyl (C=O) groups excluding carboxylic acids is 3. The number of nitrogens with one attached hydrogen (secondary N) is 1. The summed E-state index contributed by atoms with van der Waals surface area (Å²) in [6.07, 6.45) is 3.64. The van der Waals surface area contributed by atoms with Crippen LogP contribution in [0.4, 0.5) is 0 Å². The van der Waals surface area contributed by atoms with Crippen LogP contribution in [0.2, 0.25) is 0 Å². The molecule has 0 aromatic rings. The van der Waals surface area contributed by atoms with Crippen molar-refractivity contribution in [3.05, 3.63) is 35.1 Å². The van der Waals surface area contributed by atoms with E-state index >= 15 is 0 Å². The van der Waals surface area contributed by atoms with Crippen LogP contribution >= 0.6 is 0 Å². The highest BCUT2D eigenvalue weighted by Gasteiger charge is 2.76. The van der Waals surface area contributed by atoms with Crippen LogP contribution in [0.5, 0.6) is 0 Å². The second-order valence-corrected chi connectivity index (χ2v) is 8.90. The zero-order chi connectivity index (χ0) is 22.0. The Labute approximate surface area is 174 Å². The summed E-state index contributed by atoms with van der Waals surface area (Å²) < 4.78 is 18.0. The second kappa shape index (κ2) is 6.87. The standard InChI is InChI=1S/C22H27NO7/c1-10(6-7-13(24)15-14(25)9-23-20(15)27)8-11(2)17-12(3)18-16(26)19-21(4,30-19)22(5,28-17)29-18/h6-8,11-12,17-19,24H,9H2,1-5H3,(H,23,27). The molecule has 4 saturated heterocycles. The zero-order valence-corrected chi connectivity index (χ0v) is 17.7. The minimum Gasteiger partial charge on any atom is -0.507 e. The van der Waals surface area contributed by atoms with E-state index in [2.05, 4.69) is 5.32 Å². The number of aliphatic hydroxyl groups is 1. The number of ether oxygens (including phenoxy) is 3. The van der Waals surface area contributed by atoms with Gasteiger partial charge in [-0.25, -0.2) is 0 Å². The predicted octanol–water partition coefficient (Wildman–Crippen LogP) is 1.51. The third-order valence-electron chi connectivity index (χ3n) is 6.67. The Kier molecular flexibility index (Phi) is 4.80. The summed E-state index contributed by atoms with van der Waals surface area (Å²) >= 11 is 0. The number of hydrogen-bond donors (Lipinski definition) is 2. The van der Waals surface area contributed by atoms with E-state index in [0.29, 0.717) is 0 Å². The van der Waals surface area contributed by atoms with E-state index in [4.69, 9.17) is 14.2 Å². The SMILES string of the molecule is CC(C=CC(O)=C1C(=O)CNC1=O)=CC(C)C1OC2(C)OC(C(=O)C3OC32C)C1C. The number of carbonyl (C=O) groups is 3. The molecule has 0 spiro atoms. The lowest BCUT2D eigenvalue weighted by Gasteiger charge is -2.51. The number of ketones is 2. The third-order valence-corrected chi connectivity index (χ3v) is 6.67. The van der Waals surface area contributed by atoms with E-state index in [1.54, 1.807) is 6.08 Å². The maximum atomic E-state index is 12.7. The fraction of sp³-hybridized carbons (Fsp3) is 0.591. The van der Waals surface area contributed by atoms with Gasteiger partial charge >= 0.3 is 0 Å². The highest BCUT2D eigenvalue weighted by molar-refractivity contribution is 6.25. The van der Waals surface area contributed by atoms with Crippen LogP contribution in [0, 0.1) is 11.8 Å². The molecule has 8 heteroatoms. The fourth-order valence-corrected chi connectivity index (χ4v) is 4.67. The first-order valence-electron chi connectivity index (χ1n) is 10.2. The van der Waals surface area contributed by atoms with Crippen molar-refractivity contribution in [1.82, 2.24) is 5.32 Å². The minimum atomic E-state index is -0.988. The number of fused-ring (bicyclic) bond motifs is 4. The van der Waals surface area contributed by atoms with E-state index in [1.165, 1.54) is 6.08 Å². The Bertz CT molecular complexity index is 900. The largest absolute Gasteiger partial charge is 0.507 e. The van der Waals surface area contributed by atoms with Gasteiger partial charge in [-0.05, 0) is 26.8 Å². The van der Waals surface area contributed by atoms with E-state index in [0.717, 1.165) is 5.57 Å². The van der Waals surface area contributed by atoms with Crippen molar-refractivity contribution >= 4 is 17.5 Å². The van der Waals surface area contributed by atoms with E-state index in [9.17, 15) is 19.5 Å². The maximum absolute atomic E-state index is 12.7. The van der Waals surface area contributed by atoms with Gasteiger partial charge in [-0.1, -0.05) is 31.6 Å². The normalized spacial score (nSPS) is 43.5. The molecule has 4 aliphatic heterocycles. The lowest BCUT2D eigenvalue weighted by Crippen LogP contribution is -2.66. The van der Waals surface area contributed by atoms with Crippen molar-refractivity contribution in [1.29, 1.82) is 0 Å². The third kappa shape index (κ3) is 3.05. The Balaban J connectivity index is 1.51. The second-order valence-electron chi connectivity index (χ2n) is 8.90. The fourth-order valence-electron chi connectivity index (χ4n) is 4.67. The van der Waals surface area contributed by atoms with Gasteiger partial charge < -0.3 is 24.6 Å². The molecule has 2 N–H and O–H groups in total. The van der Waals surface area contributed by atoms with Crippen LogP contribution in [0.1, 0.15) is 34.6 Å². The summed E-state index contributed by atoms with van der Waals surface area (Å²) in [5.41, 5.74) is -0.167. The lowest BCUT2D eigenvalue weighted by molar-refractivity contribution is -0.350. The number of amides is 1. The molecule has 0 saturated carbocycles. The summed E-state index contributed by atoms with van der Waals surface area (Å²) in [5.74, 6) is -2.59. The van der Waals surface area contributed by atoms with Crippen LogP contribution in [0.3, 0.4) is 0 Å². The monoisotopic (exact) mass is 417 g/mol. The van der Waals surface area contributed by atoms with Crippen LogP contribution < -0.4 is 5.32 Å². The predicted molar refractivity (Wildman–Crippen MR) is 105 cm³/mol. The van der Waals surface area contributed by atoms with Gasteiger partial charge in [0.05, 0.1) is 12.6 Å². The summed E-state index contributed by atoms with van der Waals surface area (Å²) in [7, 11) is 0. The average Bonchev–Trinajstić information content (AvgIpc) is 3.29. The first-order valence-corrected chi connectivity index (χ1v) is 10.2. The molecule has 1 amide bonds. The van der Waals surface area contributed by atoms with Crippen LogP contribution in [-0.2, 0) is 28.6 Å². The quantitative estimate of drug-likeness (QED) is 0.234. The molecule has 4 heterocycles. The lowest BCUT2D eigenvalue weighted by atomic mass is 9.78. The molecule has 0 aliphatic carbocycles. The Morgan fingerprint density at radius 2 is 1.90 bits per heavy atom. The van der Waals surface area contributed by atoms with Gasteiger partial charge in [0.15, 0.2) is 29.1 Å². The highest BCUT2D eigenvalue weighted by atomic mass is 16.8. The molecule has 162 valence electrons. The maximum Gasteiger partial charge on any atom is 0.259 e. The number of hydrogen-bond acceptors (Lipinski definition) is 7. The van der Waals surface area contributed by atoms with Crippen molar-refractivity contribution in [3.8, 4) is 0 Å². The van der Waals surface area contributed by atoms with Crippen molar-refractivity contribution in [2.24, 2.45) is 11.8 Å². The number of Topliss-reactive ketones (excluding diaryl/α,β-unsaturated/α-hetero) is 2. The van der Waals surface area contributed by atoms with Gasteiger partial charge in [0.1, 0.15) is 17.4 Å². The van der Waals surface area contributed by atoms with Gasteiger partial charge in [0, 0.05) is 11.8 Å². The topological polar surface area (TPSA) is 114 Å². The molecule has 8 nitrogen and oxygen atoms in total. The van der Waals surface area contributed by atoms with Crippen LogP contribution in [0.15, 0.2) is 35.1 Å². The molecule has 0 radical (unpaired) electrons. The number of rotatable bonds is 4. The molecule has 4 fully saturated rings. The molecule has 4 aliphatic rings. The van der Waals surface area contributed by atoms with Gasteiger partial charge in [-0.15, -0.1) is 0 Å². The highest BCUT2D eigenvalue weighted by Crippen LogP contribution is 2.57. The van der Waals surface area contributed by atoms with Gasteiger partial charge in [-0.3, -0.25) is 14.4 Å². The Morgan fingerprint density at radius 3 is 2.53 bits per heavy atom. The average molecular weight is 417 g/mol. The van der Waals surface area contributed by atoms with Crippen LogP contribution in [-0.4, -0.2) is 58.8 Å². The Hall–Kier alpha value is -2.29. The van der Waals surface area contributed by atoms with Gasteiger partial charge in [0.2, 0.25) is 0 Å². The molecule has 4 rings (SSSR count). The minimum absolute atomic E-state index is 0.0281. The molecule has 7 unspecified atom stereocenters. The molecule has 0 aromatic heterocycles. The zero-order valence-electron chi connectivity index (χ0n) is 17.7. The number of epoxide rings is 1. The summed E-state index contributed by atoms with van der Waals surface area (Å²) in [6.45, 7) is 9.34. The van der Waals surface area contributed by atoms with E-state index in [1.807, 2.05) is 40.7 Å². The Morgan fingerprint density at radius 1 is 1.20 bits per heavy atom. The first-order chi connectivity index (χ1) is 14.0. The van der Waals surface area contributed by atoms with Crippen molar-refractivity contribution in [2.45, 2.75) is 64.3 Å². The van der Waals surface area contributed by atoms with Gasteiger partial charge in [-0.2, -0.15) is 0 Å². The summed E-state index contributed by atoms with van der Waals surface area (Å²) in [5, 5.41) is 12.5. The summed E-state index contributed by atoms with van der Waals surface area (Å²) in [4.78, 5) is 36.0. The van der Waals surface area contributed by atoms with Crippen molar-refractivity contribution < 1.29 is 33.7 Å². The van der Waals surface area contributed by atoms with E-state index < -0.39 is 35.3 Å². The molecular formula is C22H27NO7. The van der Waals surface area contributed by atoms with Crippen molar-refractivity contribution in [3.63, 3.8) is 0 Å². The van der Waals surface area contributed by atoms with E-state index in [-0.39, 0.29) is 41.6 Å². The van der Waals surface area contributed by atoms with Crippen LogP contribution in [0.25, 0.3) is 0 Å². The molecule has 0 aromatic carbocycles. The van der Waals surface area contributed by atoms with Gasteiger partial charge in [0.25, 0.3) is 5.91 Å². The summed E-state index contributed by atoms with van der Waals surface area (Å²) in [6, 6.07) is 0. The number of allylic oxidation sites excluding steroid dienone is 3. The number of aliphatic hydroxyl groups excluding tert-OH is 1. The molecular weight excluding hydrogens is 390 g/mol. The first kappa shape index (κ1) is 21.0. The van der Waals surface area contributed by atoms with Crippen molar-refractivity contribution in [2.75, 3.05) is 6.54 Å². The molecule has 7 atom stereocenters. The molecule has 2 bridgehead atoms.